The highest BCUT2D eigenvalue weighted by Gasteiger charge is 2.24. The van der Waals surface area contributed by atoms with Crippen LogP contribution in [-0.4, -0.2) is 18.5 Å². The first-order valence-electron chi connectivity index (χ1n) is 10.0. The van der Waals surface area contributed by atoms with Gasteiger partial charge in [0.25, 0.3) is 0 Å². The van der Waals surface area contributed by atoms with E-state index in [0.717, 1.165) is 18.3 Å². The summed E-state index contributed by atoms with van der Waals surface area (Å²) in [6.45, 7) is 2.68. The summed E-state index contributed by atoms with van der Waals surface area (Å²) in [4.78, 5) is 16.7. The molecule has 3 aromatic rings. The standard InChI is InChI=1S/C25H18ClI2NO4/c1-2-31-22-13-16(11-20(26)23(22)32-14-15-3-7-18(27)8-4-15)12-21-25(30)33-24(29-21)17-5-9-19(28)10-6-17/h3-13H,2,14H2,1H3/b21-12-. The predicted octanol–water partition coefficient (Wildman–Crippen LogP) is 6.87. The molecule has 4 rings (SSSR count). The monoisotopic (exact) mass is 685 g/mol. The van der Waals surface area contributed by atoms with Crippen molar-refractivity contribution in [3.8, 4) is 11.5 Å². The lowest BCUT2D eigenvalue weighted by atomic mass is 10.1. The van der Waals surface area contributed by atoms with Gasteiger partial charge >= 0.3 is 5.97 Å². The van der Waals surface area contributed by atoms with Crippen LogP contribution in [0.15, 0.2) is 71.4 Å². The summed E-state index contributed by atoms with van der Waals surface area (Å²) >= 11 is 11.0. The van der Waals surface area contributed by atoms with E-state index in [1.54, 1.807) is 18.2 Å². The van der Waals surface area contributed by atoms with E-state index in [2.05, 4.69) is 50.2 Å². The molecule has 8 heteroatoms. The fourth-order valence-electron chi connectivity index (χ4n) is 3.09. The van der Waals surface area contributed by atoms with Gasteiger partial charge in [-0.2, -0.15) is 0 Å². The van der Waals surface area contributed by atoms with Gasteiger partial charge in [0, 0.05) is 12.7 Å². The van der Waals surface area contributed by atoms with Gasteiger partial charge in [-0.3, -0.25) is 0 Å². The maximum atomic E-state index is 12.4. The zero-order chi connectivity index (χ0) is 23.4. The Morgan fingerprint density at radius 3 is 2.33 bits per heavy atom. The summed E-state index contributed by atoms with van der Waals surface area (Å²) in [5.41, 5.74) is 2.60. The smallest absolute Gasteiger partial charge is 0.363 e. The number of hydrogen-bond donors (Lipinski definition) is 0. The molecule has 0 N–H and O–H groups in total. The van der Waals surface area contributed by atoms with Crippen molar-refractivity contribution in [2.24, 2.45) is 4.99 Å². The van der Waals surface area contributed by atoms with Crippen molar-refractivity contribution in [3.05, 3.63) is 95.2 Å². The van der Waals surface area contributed by atoms with Crippen molar-refractivity contribution in [2.75, 3.05) is 6.61 Å². The number of ether oxygens (including phenoxy) is 3. The van der Waals surface area contributed by atoms with Crippen molar-refractivity contribution < 1.29 is 19.0 Å². The third-order valence-electron chi connectivity index (χ3n) is 4.64. The van der Waals surface area contributed by atoms with Crippen molar-refractivity contribution >= 4 is 74.7 Å². The van der Waals surface area contributed by atoms with E-state index in [4.69, 9.17) is 25.8 Å². The number of aliphatic imine (C=N–C) groups is 1. The summed E-state index contributed by atoms with van der Waals surface area (Å²) in [5.74, 6) is 0.708. The number of cyclic esters (lactones) is 1. The molecule has 0 aliphatic carbocycles. The average molecular weight is 686 g/mol. The lowest BCUT2D eigenvalue weighted by molar-refractivity contribution is -0.129. The topological polar surface area (TPSA) is 57.1 Å². The van der Waals surface area contributed by atoms with Crippen LogP contribution in [0.4, 0.5) is 0 Å². The predicted molar refractivity (Wildman–Crippen MR) is 146 cm³/mol. The number of hydrogen-bond acceptors (Lipinski definition) is 5. The number of esters is 1. The first-order valence-corrected chi connectivity index (χ1v) is 12.6. The molecule has 0 radical (unpaired) electrons. The highest BCUT2D eigenvalue weighted by molar-refractivity contribution is 14.1. The Kier molecular flexibility index (Phi) is 7.92. The zero-order valence-corrected chi connectivity index (χ0v) is 22.6. The molecular formula is C25H18ClI2NO4. The van der Waals surface area contributed by atoms with Crippen LogP contribution in [0, 0.1) is 7.14 Å². The quantitative estimate of drug-likeness (QED) is 0.155. The van der Waals surface area contributed by atoms with Crippen LogP contribution in [0.3, 0.4) is 0 Å². The number of carbonyl (C=O) groups excluding carboxylic acids is 1. The minimum Gasteiger partial charge on any atom is -0.490 e. The molecule has 0 amide bonds. The molecule has 0 saturated carbocycles. The van der Waals surface area contributed by atoms with Crippen LogP contribution in [0.2, 0.25) is 5.02 Å². The Labute approximate surface area is 224 Å². The zero-order valence-electron chi connectivity index (χ0n) is 17.5. The maximum Gasteiger partial charge on any atom is 0.363 e. The minimum atomic E-state index is -0.517. The molecular weight excluding hydrogens is 668 g/mol. The largest absolute Gasteiger partial charge is 0.490 e. The minimum absolute atomic E-state index is 0.189. The number of rotatable bonds is 7. The number of benzene rings is 3. The van der Waals surface area contributed by atoms with Crippen LogP contribution >= 0.6 is 56.8 Å². The van der Waals surface area contributed by atoms with Gasteiger partial charge in [0.05, 0.1) is 11.6 Å². The third-order valence-corrected chi connectivity index (χ3v) is 6.36. The second-order valence-electron chi connectivity index (χ2n) is 7.02. The van der Waals surface area contributed by atoms with E-state index in [1.807, 2.05) is 55.5 Å². The summed E-state index contributed by atoms with van der Waals surface area (Å²) in [6, 6.07) is 19.1. The molecule has 1 aliphatic heterocycles. The SMILES string of the molecule is CCOc1cc(/C=C2\N=C(c3ccc(I)cc3)OC2=O)cc(Cl)c1OCc1ccc(I)cc1. The number of carbonyl (C=O) groups is 1. The van der Waals surface area contributed by atoms with Crippen LogP contribution in [0.25, 0.3) is 6.08 Å². The molecule has 0 aromatic heterocycles. The van der Waals surface area contributed by atoms with Gasteiger partial charge in [-0.1, -0.05) is 23.7 Å². The fraction of sp³-hybridized carbons (Fsp3) is 0.120. The van der Waals surface area contributed by atoms with Gasteiger partial charge in [0.15, 0.2) is 17.2 Å². The van der Waals surface area contributed by atoms with Gasteiger partial charge in [0.2, 0.25) is 5.90 Å². The summed E-state index contributed by atoms with van der Waals surface area (Å²) in [6.07, 6.45) is 1.62. The van der Waals surface area contributed by atoms with E-state index < -0.39 is 5.97 Å². The highest BCUT2D eigenvalue weighted by atomic mass is 127. The lowest BCUT2D eigenvalue weighted by Crippen LogP contribution is -2.05. The molecule has 0 fully saturated rings. The molecule has 33 heavy (non-hydrogen) atoms. The van der Waals surface area contributed by atoms with Gasteiger partial charge in [-0.05, 0) is 118 Å². The number of halogens is 3. The molecule has 5 nitrogen and oxygen atoms in total. The van der Waals surface area contributed by atoms with Gasteiger partial charge in [-0.25, -0.2) is 9.79 Å². The molecule has 0 spiro atoms. The molecule has 0 bridgehead atoms. The molecule has 0 saturated heterocycles. The van der Waals surface area contributed by atoms with E-state index >= 15 is 0 Å². The average Bonchev–Trinajstić information content (AvgIpc) is 3.15. The Morgan fingerprint density at radius 1 is 1.00 bits per heavy atom. The Morgan fingerprint density at radius 2 is 1.67 bits per heavy atom. The van der Waals surface area contributed by atoms with Crippen LogP contribution < -0.4 is 9.47 Å². The van der Waals surface area contributed by atoms with Crippen molar-refractivity contribution in [1.29, 1.82) is 0 Å². The van der Waals surface area contributed by atoms with Gasteiger partial charge in [0.1, 0.15) is 6.61 Å². The van der Waals surface area contributed by atoms with E-state index in [-0.39, 0.29) is 11.6 Å². The maximum absolute atomic E-state index is 12.4. The van der Waals surface area contributed by atoms with Crippen molar-refractivity contribution in [3.63, 3.8) is 0 Å². The molecule has 0 unspecified atom stereocenters. The van der Waals surface area contributed by atoms with Crippen LogP contribution in [-0.2, 0) is 16.1 Å². The first kappa shape index (κ1) is 24.0. The molecule has 1 heterocycles. The summed E-state index contributed by atoms with van der Waals surface area (Å²) < 4.78 is 19.3. The molecule has 1 aliphatic rings. The second-order valence-corrected chi connectivity index (χ2v) is 9.92. The number of nitrogens with zero attached hydrogens (tertiary/aromatic N) is 1. The fourth-order valence-corrected chi connectivity index (χ4v) is 4.09. The highest BCUT2D eigenvalue weighted by Crippen LogP contribution is 2.38. The second kappa shape index (κ2) is 10.9. The first-order chi connectivity index (χ1) is 15.9. The van der Waals surface area contributed by atoms with Gasteiger partial charge < -0.3 is 14.2 Å². The van der Waals surface area contributed by atoms with Crippen molar-refractivity contribution in [1.82, 2.24) is 0 Å². The Balaban J connectivity index is 1.60. The van der Waals surface area contributed by atoms with Crippen LogP contribution in [0.5, 0.6) is 11.5 Å². The molecule has 3 aromatic carbocycles. The van der Waals surface area contributed by atoms with Crippen molar-refractivity contribution in [2.45, 2.75) is 13.5 Å². The molecule has 168 valence electrons. The van der Waals surface area contributed by atoms with Crippen LogP contribution in [0.1, 0.15) is 23.6 Å². The van der Waals surface area contributed by atoms with E-state index in [0.29, 0.717) is 35.3 Å². The van der Waals surface area contributed by atoms with Gasteiger partial charge in [-0.15, -0.1) is 0 Å². The summed E-state index contributed by atoms with van der Waals surface area (Å²) in [7, 11) is 0. The lowest BCUT2D eigenvalue weighted by Gasteiger charge is -2.14. The Bertz CT molecular complexity index is 1240. The Hall–Kier alpha value is -2.11. The van der Waals surface area contributed by atoms with E-state index in [9.17, 15) is 4.79 Å². The normalized spacial score (nSPS) is 14.2. The van der Waals surface area contributed by atoms with E-state index in [1.165, 1.54) is 0 Å². The third kappa shape index (κ3) is 6.07. The summed E-state index contributed by atoms with van der Waals surface area (Å²) in [5, 5.41) is 0.381. The molecule has 0 atom stereocenters.